The molecule has 0 saturated carbocycles. The van der Waals surface area contributed by atoms with Gasteiger partial charge in [0, 0.05) is 6.54 Å². The summed E-state index contributed by atoms with van der Waals surface area (Å²) in [6, 6.07) is 2.59. The van der Waals surface area contributed by atoms with Crippen LogP contribution in [0.3, 0.4) is 0 Å². The van der Waals surface area contributed by atoms with Crippen LogP contribution >= 0.6 is 22.9 Å². The highest BCUT2D eigenvalue weighted by molar-refractivity contribution is 7.18. The molecule has 0 radical (unpaired) electrons. The van der Waals surface area contributed by atoms with Gasteiger partial charge in [-0.2, -0.15) is 0 Å². The molecule has 0 aromatic carbocycles. The Morgan fingerprint density at radius 3 is 2.57 bits per heavy atom. The Labute approximate surface area is 141 Å². The maximum absolute atomic E-state index is 11.9. The van der Waals surface area contributed by atoms with Crippen molar-refractivity contribution in [1.29, 1.82) is 0 Å². The molecule has 1 aliphatic heterocycles. The predicted molar refractivity (Wildman–Crippen MR) is 83.6 cm³/mol. The van der Waals surface area contributed by atoms with E-state index in [1.54, 1.807) is 26.0 Å². The monoisotopic (exact) mass is 358 g/mol. The molecule has 1 aliphatic rings. The van der Waals surface area contributed by atoms with E-state index in [4.69, 9.17) is 16.3 Å². The molecule has 124 valence electrons. The molecule has 1 aromatic heterocycles. The number of ether oxygens (including phenoxy) is 1. The molecule has 0 aliphatic carbocycles. The summed E-state index contributed by atoms with van der Waals surface area (Å²) < 4.78 is 5.33. The molecule has 1 saturated heterocycles. The number of nitrogens with one attached hydrogen (secondary N) is 1. The number of hydrogen-bond donors (Lipinski definition) is 1. The number of carbonyl (C=O) groups excluding carboxylic acids is 4. The molecule has 7 nitrogen and oxygen atoms in total. The van der Waals surface area contributed by atoms with Gasteiger partial charge in [0.05, 0.1) is 15.6 Å². The lowest BCUT2D eigenvalue weighted by atomic mass is 10.1. The Morgan fingerprint density at radius 2 is 2.04 bits per heavy atom. The molecule has 2 heterocycles. The molecule has 9 heteroatoms. The SMILES string of the molecule is CC1(C)NC(=O)N(CCC(=O)OCC(=O)c2ccc(Cl)s2)C1=O. The number of ketones is 1. The molecule has 23 heavy (non-hydrogen) atoms. The third kappa shape index (κ3) is 4.08. The first-order valence-electron chi connectivity index (χ1n) is 6.79. The standard InChI is InChI=1S/C14H15ClN2O5S/c1-14(2)12(20)17(13(21)16-14)6-5-11(19)22-7-8(18)9-3-4-10(15)23-9/h3-4H,5-7H2,1-2H3,(H,16,21). The number of urea groups is 1. The van der Waals surface area contributed by atoms with Gasteiger partial charge < -0.3 is 10.1 Å². The van der Waals surface area contributed by atoms with Gasteiger partial charge in [0.1, 0.15) is 5.54 Å². The van der Waals surface area contributed by atoms with Gasteiger partial charge in [-0.15, -0.1) is 11.3 Å². The Kier molecular flexibility index (Phi) is 5.06. The number of esters is 1. The van der Waals surface area contributed by atoms with Crippen molar-refractivity contribution in [3.63, 3.8) is 0 Å². The Hall–Kier alpha value is -1.93. The second-order valence-electron chi connectivity index (χ2n) is 5.45. The maximum Gasteiger partial charge on any atom is 0.325 e. The maximum atomic E-state index is 11.9. The number of Topliss-reactive ketones (excluding diaryl/α,β-unsaturated/α-hetero) is 1. The highest BCUT2D eigenvalue weighted by Crippen LogP contribution is 2.22. The van der Waals surface area contributed by atoms with Gasteiger partial charge in [0.2, 0.25) is 5.78 Å². The van der Waals surface area contributed by atoms with E-state index in [-0.39, 0.29) is 18.7 Å². The molecule has 0 spiro atoms. The smallest absolute Gasteiger partial charge is 0.325 e. The van der Waals surface area contributed by atoms with Gasteiger partial charge in [-0.25, -0.2) is 4.79 Å². The lowest BCUT2D eigenvalue weighted by Crippen LogP contribution is -2.40. The van der Waals surface area contributed by atoms with Crippen molar-refractivity contribution in [3.05, 3.63) is 21.3 Å². The number of carbonyl (C=O) groups is 4. The summed E-state index contributed by atoms with van der Waals surface area (Å²) >= 11 is 6.82. The zero-order valence-corrected chi connectivity index (χ0v) is 14.1. The first-order chi connectivity index (χ1) is 10.7. The first kappa shape index (κ1) is 17.4. The molecule has 0 unspecified atom stereocenters. The van der Waals surface area contributed by atoms with Crippen molar-refractivity contribution in [2.75, 3.05) is 13.2 Å². The normalized spacial score (nSPS) is 16.4. The van der Waals surface area contributed by atoms with Crippen LogP contribution in [0.4, 0.5) is 4.79 Å². The van der Waals surface area contributed by atoms with Crippen molar-refractivity contribution in [2.45, 2.75) is 25.8 Å². The summed E-state index contributed by atoms with van der Waals surface area (Å²) in [5.41, 5.74) is -0.977. The molecule has 1 fully saturated rings. The number of rotatable bonds is 6. The number of imide groups is 1. The third-order valence-corrected chi connectivity index (χ3v) is 4.47. The summed E-state index contributed by atoms with van der Waals surface area (Å²) in [6.45, 7) is 2.67. The summed E-state index contributed by atoms with van der Waals surface area (Å²) in [7, 11) is 0. The van der Waals surface area contributed by atoms with E-state index in [1.807, 2.05) is 0 Å². The molecule has 0 bridgehead atoms. The number of nitrogens with zero attached hydrogens (tertiary/aromatic N) is 1. The molecule has 2 rings (SSSR count). The topological polar surface area (TPSA) is 92.8 Å². The number of thiophene rings is 1. The third-order valence-electron chi connectivity index (χ3n) is 3.20. The van der Waals surface area contributed by atoms with E-state index in [9.17, 15) is 19.2 Å². The van der Waals surface area contributed by atoms with Crippen molar-refractivity contribution in [3.8, 4) is 0 Å². The van der Waals surface area contributed by atoms with Crippen molar-refractivity contribution >= 4 is 46.6 Å². The van der Waals surface area contributed by atoms with E-state index < -0.39 is 30.1 Å². The minimum absolute atomic E-state index is 0.0913. The van der Waals surface area contributed by atoms with E-state index >= 15 is 0 Å². The zero-order valence-electron chi connectivity index (χ0n) is 12.6. The van der Waals surface area contributed by atoms with Crippen LogP contribution in [0, 0.1) is 0 Å². The average Bonchev–Trinajstić information content (AvgIpc) is 2.97. The fourth-order valence-corrected chi connectivity index (χ4v) is 2.94. The van der Waals surface area contributed by atoms with Crippen LogP contribution in [0.5, 0.6) is 0 Å². The largest absolute Gasteiger partial charge is 0.457 e. The highest BCUT2D eigenvalue weighted by atomic mass is 35.5. The van der Waals surface area contributed by atoms with Crippen molar-refractivity contribution < 1.29 is 23.9 Å². The van der Waals surface area contributed by atoms with Crippen molar-refractivity contribution in [1.82, 2.24) is 10.2 Å². The second kappa shape index (κ2) is 6.67. The van der Waals surface area contributed by atoms with Gasteiger partial charge in [0.15, 0.2) is 6.61 Å². The molecule has 1 aromatic rings. The lowest BCUT2D eigenvalue weighted by molar-refractivity contribution is -0.143. The van der Waals surface area contributed by atoms with E-state index in [1.165, 1.54) is 0 Å². The summed E-state index contributed by atoms with van der Waals surface area (Å²) in [5, 5.41) is 2.51. The number of hydrogen-bond acceptors (Lipinski definition) is 6. The predicted octanol–water partition coefficient (Wildman–Crippen LogP) is 1.85. The average molecular weight is 359 g/mol. The van der Waals surface area contributed by atoms with E-state index in [0.29, 0.717) is 9.21 Å². The van der Waals surface area contributed by atoms with Gasteiger partial charge in [-0.1, -0.05) is 11.6 Å². The van der Waals surface area contributed by atoms with E-state index in [2.05, 4.69) is 5.32 Å². The second-order valence-corrected chi connectivity index (χ2v) is 7.16. The Balaban J connectivity index is 1.79. The highest BCUT2D eigenvalue weighted by Gasteiger charge is 2.44. The summed E-state index contributed by atoms with van der Waals surface area (Å²) in [4.78, 5) is 48.3. The minimum atomic E-state index is -0.977. The van der Waals surface area contributed by atoms with Gasteiger partial charge in [0.25, 0.3) is 5.91 Å². The molecule has 0 atom stereocenters. The van der Waals surface area contributed by atoms with Crippen LogP contribution in [0.15, 0.2) is 12.1 Å². The van der Waals surface area contributed by atoms with Crippen molar-refractivity contribution in [2.24, 2.45) is 0 Å². The summed E-state index contributed by atoms with van der Waals surface area (Å²) in [6.07, 6.45) is -0.173. The van der Waals surface area contributed by atoms with Gasteiger partial charge in [-0.3, -0.25) is 19.3 Å². The molecular weight excluding hydrogens is 344 g/mol. The molecule has 3 amide bonds. The number of halogens is 1. The Bertz CT molecular complexity index is 670. The van der Waals surface area contributed by atoms with Crippen LogP contribution in [-0.2, 0) is 14.3 Å². The van der Waals surface area contributed by atoms with Crippen LogP contribution < -0.4 is 5.32 Å². The fraction of sp³-hybridized carbons (Fsp3) is 0.429. The number of amides is 3. The Morgan fingerprint density at radius 1 is 1.35 bits per heavy atom. The van der Waals surface area contributed by atoms with Crippen LogP contribution in [0.1, 0.15) is 29.9 Å². The lowest BCUT2D eigenvalue weighted by Gasteiger charge is -2.15. The van der Waals surface area contributed by atoms with Crippen LogP contribution in [0.2, 0.25) is 4.34 Å². The quantitative estimate of drug-likeness (QED) is 0.476. The van der Waals surface area contributed by atoms with E-state index in [0.717, 1.165) is 16.2 Å². The molecule has 1 N–H and O–H groups in total. The first-order valence-corrected chi connectivity index (χ1v) is 7.98. The minimum Gasteiger partial charge on any atom is -0.457 e. The molecular formula is C14H15ClN2O5S. The van der Waals surface area contributed by atoms with Gasteiger partial charge in [-0.05, 0) is 26.0 Å². The zero-order chi connectivity index (χ0) is 17.2. The van der Waals surface area contributed by atoms with Crippen LogP contribution in [0.25, 0.3) is 0 Å². The summed E-state index contributed by atoms with van der Waals surface area (Å²) in [5.74, 6) is -1.42. The van der Waals surface area contributed by atoms with Gasteiger partial charge >= 0.3 is 12.0 Å². The fourth-order valence-electron chi connectivity index (χ4n) is 1.98. The van der Waals surface area contributed by atoms with Crippen LogP contribution in [-0.4, -0.2) is 47.3 Å².